The van der Waals surface area contributed by atoms with Gasteiger partial charge in [0.05, 0.1) is 6.61 Å². The Kier molecular flexibility index (Phi) is 6.44. The molecular weight excluding hydrogens is 319 g/mol. The molecule has 0 unspecified atom stereocenters. The van der Waals surface area contributed by atoms with Crippen LogP contribution >= 0.6 is 23.2 Å². The van der Waals surface area contributed by atoms with Crippen molar-refractivity contribution < 1.29 is 9.53 Å². The predicted molar refractivity (Wildman–Crippen MR) is 92.1 cm³/mol. The fourth-order valence-corrected chi connectivity index (χ4v) is 2.50. The Morgan fingerprint density at radius 3 is 2.41 bits per heavy atom. The summed E-state index contributed by atoms with van der Waals surface area (Å²) in [4.78, 5) is 12.3. The average Bonchev–Trinajstić information content (AvgIpc) is 2.55. The van der Waals surface area contributed by atoms with Gasteiger partial charge in [0.1, 0.15) is 6.61 Å². The molecule has 0 aliphatic carbocycles. The van der Waals surface area contributed by atoms with Crippen molar-refractivity contribution >= 4 is 29.0 Å². The van der Waals surface area contributed by atoms with Crippen LogP contribution in [0.25, 0.3) is 11.1 Å². The number of carbonyl (C=O) groups is 1. The number of hydrogen-bond acceptors (Lipinski definition) is 2. The van der Waals surface area contributed by atoms with E-state index in [0.29, 0.717) is 23.1 Å². The molecule has 0 saturated heterocycles. The number of benzene rings is 2. The summed E-state index contributed by atoms with van der Waals surface area (Å²) in [6, 6.07) is 13.5. The standard InChI is InChI=1S/C18H18Cl2O2/c1-2-13-3-4-15(14-5-7-16(20)8-6-14)11-17(13)18(21)12-22-10-9-19/h3-8,11H,2,9-10,12H2,1H3. The van der Waals surface area contributed by atoms with Gasteiger partial charge in [-0.05, 0) is 41.3 Å². The molecule has 0 spiro atoms. The van der Waals surface area contributed by atoms with Crippen LogP contribution in [0.4, 0.5) is 0 Å². The van der Waals surface area contributed by atoms with Gasteiger partial charge in [0, 0.05) is 16.5 Å². The minimum Gasteiger partial charge on any atom is -0.372 e. The van der Waals surface area contributed by atoms with Gasteiger partial charge in [-0.15, -0.1) is 11.6 Å². The van der Waals surface area contributed by atoms with Crippen LogP contribution in [0.2, 0.25) is 5.02 Å². The van der Waals surface area contributed by atoms with Gasteiger partial charge < -0.3 is 4.74 Å². The summed E-state index contributed by atoms with van der Waals surface area (Å²) < 4.78 is 5.26. The van der Waals surface area contributed by atoms with E-state index in [1.54, 1.807) is 0 Å². The molecule has 22 heavy (non-hydrogen) atoms. The van der Waals surface area contributed by atoms with Crippen LogP contribution in [0.3, 0.4) is 0 Å². The summed E-state index contributed by atoms with van der Waals surface area (Å²) in [6.45, 7) is 2.48. The highest BCUT2D eigenvalue weighted by Gasteiger charge is 2.12. The van der Waals surface area contributed by atoms with E-state index >= 15 is 0 Å². The van der Waals surface area contributed by atoms with E-state index < -0.39 is 0 Å². The first-order chi connectivity index (χ1) is 10.7. The van der Waals surface area contributed by atoms with Crippen LogP contribution < -0.4 is 0 Å². The number of ketones is 1. The second-order valence-electron chi connectivity index (χ2n) is 4.90. The summed E-state index contributed by atoms with van der Waals surface area (Å²) in [5, 5.41) is 0.694. The lowest BCUT2D eigenvalue weighted by molar-refractivity contribution is 0.0785. The topological polar surface area (TPSA) is 26.3 Å². The molecule has 2 rings (SSSR count). The van der Waals surface area contributed by atoms with E-state index in [9.17, 15) is 4.79 Å². The Labute approximate surface area is 141 Å². The molecule has 0 bridgehead atoms. The fourth-order valence-electron chi connectivity index (χ4n) is 2.26. The van der Waals surface area contributed by atoms with Gasteiger partial charge in [-0.2, -0.15) is 0 Å². The lowest BCUT2D eigenvalue weighted by Gasteiger charge is -2.10. The summed E-state index contributed by atoms with van der Waals surface area (Å²) in [5.41, 5.74) is 3.76. The summed E-state index contributed by atoms with van der Waals surface area (Å²) >= 11 is 11.5. The van der Waals surface area contributed by atoms with E-state index in [1.807, 2.05) is 49.4 Å². The lowest BCUT2D eigenvalue weighted by atomic mass is 9.96. The summed E-state index contributed by atoms with van der Waals surface area (Å²) in [5.74, 6) is 0.372. The highest BCUT2D eigenvalue weighted by Crippen LogP contribution is 2.25. The molecule has 2 nitrogen and oxygen atoms in total. The zero-order valence-electron chi connectivity index (χ0n) is 12.4. The van der Waals surface area contributed by atoms with Gasteiger partial charge in [-0.25, -0.2) is 0 Å². The third kappa shape index (κ3) is 4.33. The molecule has 0 saturated carbocycles. The highest BCUT2D eigenvalue weighted by molar-refractivity contribution is 6.30. The number of Topliss-reactive ketones (excluding diaryl/α,β-unsaturated/α-hetero) is 1. The Hall–Kier alpha value is -1.35. The van der Waals surface area contributed by atoms with Crippen LogP contribution in [0.1, 0.15) is 22.8 Å². The molecule has 0 atom stereocenters. The molecule has 0 aliphatic heterocycles. The maximum absolute atomic E-state index is 12.3. The van der Waals surface area contributed by atoms with E-state index in [1.165, 1.54) is 0 Å². The van der Waals surface area contributed by atoms with Gasteiger partial charge in [0.15, 0.2) is 5.78 Å². The SMILES string of the molecule is CCc1ccc(-c2ccc(Cl)cc2)cc1C(=O)COCCCl. The van der Waals surface area contributed by atoms with Gasteiger partial charge in [0.25, 0.3) is 0 Å². The molecular formula is C18H18Cl2O2. The third-order valence-corrected chi connectivity index (χ3v) is 3.83. The Balaban J connectivity index is 2.29. The molecule has 2 aromatic carbocycles. The van der Waals surface area contributed by atoms with Gasteiger partial charge in [0.2, 0.25) is 0 Å². The van der Waals surface area contributed by atoms with Crippen molar-refractivity contribution in [3.05, 3.63) is 58.6 Å². The number of rotatable bonds is 7. The quantitative estimate of drug-likeness (QED) is 0.403. The number of aryl methyl sites for hydroxylation is 1. The van der Waals surface area contributed by atoms with Crippen molar-refractivity contribution in [2.45, 2.75) is 13.3 Å². The number of halogens is 2. The second-order valence-corrected chi connectivity index (χ2v) is 5.71. The number of carbonyl (C=O) groups excluding carboxylic acids is 1. The summed E-state index contributed by atoms with van der Waals surface area (Å²) in [6.07, 6.45) is 0.803. The van der Waals surface area contributed by atoms with E-state index in [-0.39, 0.29) is 12.4 Å². The van der Waals surface area contributed by atoms with Crippen molar-refractivity contribution in [2.75, 3.05) is 19.1 Å². The third-order valence-electron chi connectivity index (χ3n) is 3.42. The van der Waals surface area contributed by atoms with Crippen molar-refractivity contribution in [1.82, 2.24) is 0 Å². The van der Waals surface area contributed by atoms with E-state index in [2.05, 4.69) is 0 Å². The van der Waals surface area contributed by atoms with Crippen LogP contribution in [0.5, 0.6) is 0 Å². The first-order valence-electron chi connectivity index (χ1n) is 7.21. The largest absolute Gasteiger partial charge is 0.372 e. The monoisotopic (exact) mass is 336 g/mol. The average molecular weight is 337 g/mol. The molecule has 116 valence electrons. The zero-order valence-corrected chi connectivity index (χ0v) is 14.0. The molecule has 0 fully saturated rings. The molecule has 4 heteroatoms. The summed E-state index contributed by atoms with van der Waals surface area (Å²) in [7, 11) is 0. The van der Waals surface area contributed by atoms with Crippen molar-refractivity contribution in [3.63, 3.8) is 0 Å². The fraction of sp³-hybridized carbons (Fsp3) is 0.278. The minimum absolute atomic E-state index is 0.0159. The van der Waals surface area contributed by atoms with Gasteiger partial charge >= 0.3 is 0 Å². The molecule has 0 aromatic heterocycles. The highest BCUT2D eigenvalue weighted by atomic mass is 35.5. The molecule has 2 aromatic rings. The lowest BCUT2D eigenvalue weighted by Crippen LogP contribution is -2.12. The van der Waals surface area contributed by atoms with Crippen molar-refractivity contribution in [2.24, 2.45) is 0 Å². The maximum atomic E-state index is 12.3. The molecule has 0 aliphatic rings. The molecule has 0 heterocycles. The van der Waals surface area contributed by atoms with Crippen molar-refractivity contribution in [1.29, 1.82) is 0 Å². The number of ether oxygens (including phenoxy) is 1. The zero-order chi connectivity index (χ0) is 15.9. The normalized spacial score (nSPS) is 10.7. The number of alkyl halides is 1. The first-order valence-corrected chi connectivity index (χ1v) is 8.12. The Morgan fingerprint density at radius 2 is 1.77 bits per heavy atom. The predicted octanol–water partition coefficient (Wildman–Crippen LogP) is 5.01. The van der Waals surface area contributed by atoms with Crippen LogP contribution in [0, 0.1) is 0 Å². The Morgan fingerprint density at radius 1 is 1.09 bits per heavy atom. The first kappa shape index (κ1) is 17.0. The van der Waals surface area contributed by atoms with Gasteiger partial charge in [-0.3, -0.25) is 4.79 Å². The van der Waals surface area contributed by atoms with Crippen LogP contribution in [-0.4, -0.2) is 24.9 Å². The number of hydrogen-bond donors (Lipinski definition) is 0. The van der Waals surface area contributed by atoms with Crippen molar-refractivity contribution in [3.8, 4) is 11.1 Å². The van der Waals surface area contributed by atoms with E-state index in [0.717, 1.165) is 23.1 Å². The second kappa shape index (κ2) is 8.33. The minimum atomic E-state index is -0.0159. The maximum Gasteiger partial charge on any atom is 0.188 e. The molecule has 0 amide bonds. The molecule has 0 N–H and O–H groups in total. The van der Waals surface area contributed by atoms with Gasteiger partial charge in [-0.1, -0.05) is 42.8 Å². The molecule has 0 radical (unpaired) electrons. The smallest absolute Gasteiger partial charge is 0.188 e. The Bertz CT molecular complexity index is 636. The van der Waals surface area contributed by atoms with Crippen LogP contribution in [0.15, 0.2) is 42.5 Å². The van der Waals surface area contributed by atoms with Crippen LogP contribution in [-0.2, 0) is 11.2 Å². The van der Waals surface area contributed by atoms with E-state index in [4.69, 9.17) is 27.9 Å².